The van der Waals surface area contributed by atoms with Crippen molar-refractivity contribution in [2.24, 2.45) is 0 Å². The third kappa shape index (κ3) is 3.37. The van der Waals surface area contributed by atoms with E-state index in [9.17, 15) is 4.79 Å². The van der Waals surface area contributed by atoms with Gasteiger partial charge in [0.05, 0.1) is 0 Å². The number of H-pyrrole nitrogens is 1. The number of hydrogen-bond acceptors (Lipinski definition) is 1. The Morgan fingerprint density at radius 2 is 1.83 bits per heavy atom. The highest BCUT2D eigenvalue weighted by molar-refractivity contribution is 5.12. The Bertz CT molecular complexity index is 242. The zero-order chi connectivity index (χ0) is 9.56. The van der Waals surface area contributed by atoms with Crippen molar-refractivity contribution >= 4 is 0 Å². The fourth-order valence-electron chi connectivity index (χ4n) is 0.782. The largest absolute Gasteiger partial charge is 0.329 e. The summed E-state index contributed by atoms with van der Waals surface area (Å²) < 4.78 is 0. The van der Waals surface area contributed by atoms with Crippen molar-refractivity contribution in [1.29, 1.82) is 0 Å². The number of rotatable bonds is 1. The van der Waals surface area contributed by atoms with E-state index >= 15 is 0 Å². The lowest BCUT2D eigenvalue weighted by Crippen LogP contribution is -2.03. The molecule has 0 aromatic carbocycles. The van der Waals surface area contributed by atoms with Crippen molar-refractivity contribution in [2.75, 3.05) is 0 Å². The molecule has 68 valence electrons. The second-order valence-corrected chi connectivity index (χ2v) is 2.64. The molecular weight excluding hydrogens is 150 g/mol. The third-order valence-corrected chi connectivity index (χ3v) is 1.47. The van der Waals surface area contributed by atoms with Gasteiger partial charge in [0.25, 0.3) is 0 Å². The fourth-order valence-corrected chi connectivity index (χ4v) is 0.782. The second-order valence-electron chi connectivity index (χ2n) is 2.64. The minimum Gasteiger partial charge on any atom is -0.329 e. The molecule has 1 N–H and O–H groups in total. The minimum absolute atomic E-state index is 0.0376. The Labute approximate surface area is 73.6 Å². The highest BCUT2D eigenvalue weighted by Crippen LogP contribution is 2.09. The van der Waals surface area contributed by atoms with Crippen molar-refractivity contribution in [2.45, 2.75) is 33.6 Å². The molecule has 1 aromatic rings. The van der Waals surface area contributed by atoms with Crippen LogP contribution >= 0.6 is 0 Å². The maximum atomic E-state index is 10.6. The molecule has 0 atom stereocenters. The van der Waals surface area contributed by atoms with Gasteiger partial charge in [0.1, 0.15) is 0 Å². The zero-order valence-corrected chi connectivity index (χ0v) is 8.22. The van der Waals surface area contributed by atoms with E-state index in [0.717, 1.165) is 0 Å². The third-order valence-electron chi connectivity index (χ3n) is 1.47. The predicted octanol–water partition coefficient (Wildman–Crippen LogP) is 2.52. The zero-order valence-electron chi connectivity index (χ0n) is 8.22. The van der Waals surface area contributed by atoms with Crippen LogP contribution in [0.5, 0.6) is 0 Å². The van der Waals surface area contributed by atoms with Crippen LogP contribution in [0.4, 0.5) is 0 Å². The monoisotopic (exact) mass is 167 g/mol. The molecule has 0 aliphatic carbocycles. The summed E-state index contributed by atoms with van der Waals surface area (Å²) in [6.07, 6.45) is 1.76. The molecule has 0 spiro atoms. The lowest BCUT2D eigenvalue weighted by atomic mass is 10.1. The molecule has 0 saturated carbocycles. The number of nitrogens with one attached hydrogen (secondary N) is 1. The van der Waals surface area contributed by atoms with Crippen LogP contribution in [-0.4, -0.2) is 4.98 Å². The van der Waals surface area contributed by atoms with E-state index < -0.39 is 0 Å². The van der Waals surface area contributed by atoms with E-state index in [1.165, 1.54) is 5.56 Å². The Morgan fingerprint density at radius 1 is 1.25 bits per heavy atom. The van der Waals surface area contributed by atoms with Gasteiger partial charge in [-0.05, 0) is 11.5 Å². The first-order chi connectivity index (χ1) is 5.70. The summed E-state index contributed by atoms with van der Waals surface area (Å²) >= 11 is 0. The van der Waals surface area contributed by atoms with E-state index in [1.54, 1.807) is 12.3 Å². The molecule has 0 aliphatic heterocycles. The van der Waals surface area contributed by atoms with Crippen LogP contribution in [0.25, 0.3) is 0 Å². The summed E-state index contributed by atoms with van der Waals surface area (Å²) in [5, 5.41) is 0. The molecule has 1 heterocycles. The van der Waals surface area contributed by atoms with Gasteiger partial charge in [0.2, 0.25) is 5.56 Å². The number of pyridine rings is 1. The maximum absolute atomic E-state index is 10.6. The molecule has 0 saturated heterocycles. The Balaban J connectivity index is 0.000000561. The van der Waals surface area contributed by atoms with Gasteiger partial charge in [-0.25, -0.2) is 0 Å². The molecule has 0 fully saturated rings. The Kier molecular flexibility index (Phi) is 5.09. The lowest BCUT2D eigenvalue weighted by molar-refractivity contribution is 0.855. The molecular formula is C10H17NO. The summed E-state index contributed by atoms with van der Waals surface area (Å²) in [6, 6.07) is 3.40. The first-order valence-corrected chi connectivity index (χ1v) is 4.39. The van der Waals surface area contributed by atoms with Gasteiger partial charge >= 0.3 is 0 Å². The van der Waals surface area contributed by atoms with Crippen molar-refractivity contribution in [3.8, 4) is 0 Å². The molecule has 0 amide bonds. The van der Waals surface area contributed by atoms with Crippen molar-refractivity contribution in [3.05, 3.63) is 34.2 Å². The molecule has 1 aromatic heterocycles. The van der Waals surface area contributed by atoms with Crippen LogP contribution < -0.4 is 5.56 Å². The summed E-state index contributed by atoms with van der Waals surface area (Å²) in [4.78, 5) is 13.2. The molecule has 0 aliphatic rings. The van der Waals surface area contributed by atoms with E-state index in [2.05, 4.69) is 18.8 Å². The van der Waals surface area contributed by atoms with Gasteiger partial charge in [-0.2, -0.15) is 0 Å². The minimum atomic E-state index is -0.0376. The quantitative estimate of drug-likeness (QED) is 0.685. The Morgan fingerprint density at radius 3 is 2.17 bits per heavy atom. The molecule has 0 radical (unpaired) electrons. The predicted molar refractivity (Wildman–Crippen MR) is 52.5 cm³/mol. The number of hydrogen-bond donors (Lipinski definition) is 1. The highest BCUT2D eigenvalue weighted by Gasteiger charge is 1.95. The number of aromatic amines is 1. The fraction of sp³-hybridized carbons (Fsp3) is 0.500. The maximum Gasteiger partial charge on any atom is 0.247 e. The highest BCUT2D eigenvalue weighted by atomic mass is 16.1. The molecule has 0 bridgehead atoms. The van der Waals surface area contributed by atoms with Gasteiger partial charge < -0.3 is 4.98 Å². The van der Waals surface area contributed by atoms with Crippen LogP contribution in [0.15, 0.2) is 23.1 Å². The van der Waals surface area contributed by atoms with Crippen LogP contribution in [0.1, 0.15) is 39.2 Å². The molecule has 1 rings (SSSR count). The first kappa shape index (κ1) is 11.0. The lowest BCUT2D eigenvalue weighted by Gasteiger charge is -2.01. The van der Waals surface area contributed by atoms with Crippen LogP contribution in [-0.2, 0) is 0 Å². The average molecular weight is 167 g/mol. The molecule has 2 heteroatoms. The summed E-state index contributed by atoms with van der Waals surface area (Å²) in [6.45, 7) is 8.18. The first-order valence-electron chi connectivity index (χ1n) is 4.39. The van der Waals surface area contributed by atoms with Gasteiger partial charge in [-0.15, -0.1) is 0 Å². The molecule has 2 nitrogen and oxygen atoms in total. The van der Waals surface area contributed by atoms with Gasteiger partial charge in [0.15, 0.2) is 0 Å². The topological polar surface area (TPSA) is 32.9 Å². The SMILES string of the molecule is CC.CC(C)c1ccc(=O)[nH]c1. The summed E-state index contributed by atoms with van der Waals surface area (Å²) in [7, 11) is 0. The molecule has 0 unspecified atom stereocenters. The van der Waals surface area contributed by atoms with Crippen molar-refractivity contribution in [3.63, 3.8) is 0 Å². The van der Waals surface area contributed by atoms with Crippen LogP contribution in [0.2, 0.25) is 0 Å². The summed E-state index contributed by atoms with van der Waals surface area (Å²) in [5.41, 5.74) is 1.13. The summed E-state index contributed by atoms with van der Waals surface area (Å²) in [5.74, 6) is 0.483. The van der Waals surface area contributed by atoms with E-state index in [0.29, 0.717) is 5.92 Å². The standard InChI is InChI=1S/C8H11NO.C2H6/c1-6(2)7-3-4-8(10)9-5-7;1-2/h3-6H,1-2H3,(H,9,10);1-2H3. The van der Waals surface area contributed by atoms with Crippen LogP contribution in [0.3, 0.4) is 0 Å². The van der Waals surface area contributed by atoms with Gasteiger partial charge in [-0.3, -0.25) is 4.79 Å². The smallest absolute Gasteiger partial charge is 0.247 e. The van der Waals surface area contributed by atoms with Crippen LogP contribution in [0, 0.1) is 0 Å². The molecule has 12 heavy (non-hydrogen) atoms. The van der Waals surface area contributed by atoms with Gasteiger partial charge in [-0.1, -0.05) is 33.8 Å². The van der Waals surface area contributed by atoms with Gasteiger partial charge in [0, 0.05) is 12.3 Å². The normalized spacial score (nSPS) is 9.08. The Hall–Kier alpha value is -1.05. The average Bonchev–Trinajstić information content (AvgIpc) is 2.09. The van der Waals surface area contributed by atoms with E-state index in [-0.39, 0.29) is 5.56 Å². The van der Waals surface area contributed by atoms with Crippen molar-refractivity contribution in [1.82, 2.24) is 4.98 Å². The van der Waals surface area contributed by atoms with Crippen molar-refractivity contribution < 1.29 is 0 Å². The number of aromatic nitrogens is 1. The van der Waals surface area contributed by atoms with E-state index in [1.807, 2.05) is 19.9 Å². The van der Waals surface area contributed by atoms with E-state index in [4.69, 9.17) is 0 Å². The second kappa shape index (κ2) is 5.58.